The maximum atomic E-state index is 12.5. The number of ether oxygens (including phenoxy) is 1. The number of amides is 1. The van der Waals surface area contributed by atoms with Crippen molar-refractivity contribution in [3.63, 3.8) is 0 Å². The SMILES string of the molecule is O=C(Nc1ccc(S(=O)(=O)N2CCCC2)cc1)C1Cc2cc(Cl)ccc2O1. The molecule has 8 heteroatoms. The Balaban J connectivity index is 1.42. The van der Waals surface area contributed by atoms with Gasteiger partial charge in [0.15, 0.2) is 6.10 Å². The second-order valence-electron chi connectivity index (χ2n) is 6.69. The molecule has 0 aromatic heterocycles. The van der Waals surface area contributed by atoms with E-state index in [2.05, 4.69) is 5.32 Å². The van der Waals surface area contributed by atoms with Crippen LogP contribution in [0.15, 0.2) is 47.4 Å². The zero-order chi connectivity index (χ0) is 19.0. The van der Waals surface area contributed by atoms with Gasteiger partial charge in [0.1, 0.15) is 5.75 Å². The Labute approximate surface area is 163 Å². The number of hydrogen-bond acceptors (Lipinski definition) is 4. The zero-order valence-corrected chi connectivity index (χ0v) is 16.1. The van der Waals surface area contributed by atoms with Gasteiger partial charge < -0.3 is 10.1 Å². The van der Waals surface area contributed by atoms with E-state index in [4.69, 9.17) is 16.3 Å². The lowest BCUT2D eigenvalue weighted by Crippen LogP contribution is -2.31. The molecule has 2 aromatic carbocycles. The van der Waals surface area contributed by atoms with Crippen LogP contribution in [-0.4, -0.2) is 37.8 Å². The first-order valence-corrected chi connectivity index (χ1v) is 10.6. The lowest BCUT2D eigenvalue weighted by Gasteiger charge is -2.16. The number of fused-ring (bicyclic) bond motifs is 1. The van der Waals surface area contributed by atoms with Crippen LogP contribution in [0, 0.1) is 0 Å². The van der Waals surface area contributed by atoms with Gasteiger partial charge in [-0.3, -0.25) is 4.79 Å². The minimum Gasteiger partial charge on any atom is -0.480 e. The smallest absolute Gasteiger partial charge is 0.265 e. The predicted molar refractivity (Wildman–Crippen MR) is 103 cm³/mol. The van der Waals surface area contributed by atoms with Crippen LogP contribution in [0.2, 0.25) is 5.02 Å². The molecular formula is C19H19ClN2O4S. The zero-order valence-electron chi connectivity index (χ0n) is 14.5. The Kier molecular flexibility index (Phi) is 4.84. The Hall–Kier alpha value is -2.09. The molecule has 0 spiro atoms. The minimum absolute atomic E-state index is 0.238. The van der Waals surface area contributed by atoms with E-state index in [1.807, 2.05) is 0 Å². The van der Waals surface area contributed by atoms with Crippen molar-refractivity contribution in [2.45, 2.75) is 30.3 Å². The first-order valence-electron chi connectivity index (χ1n) is 8.80. The summed E-state index contributed by atoms with van der Waals surface area (Å²) in [5.74, 6) is 0.379. The maximum Gasteiger partial charge on any atom is 0.265 e. The Morgan fingerprint density at radius 1 is 1.11 bits per heavy atom. The molecule has 2 aliphatic heterocycles. The van der Waals surface area contributed by atoms with Gasteiger partial charge in [-0.05, 0) is 60.9 Å². The van der Waals surface area contributed by atoms with Crippen LogP contribution in [-0.2, 0) is 21.2 Å². The molecule has 0 radical (unpaired) electrons. The summed E-state index contributed by atoms with van der Waals surface area (Å²) in [5, 5.41) is 3.38. The van der Waals surface area contributed by atoms with Crippen LogP contribution in [0.3, 0.4) is 0 Å². The number of nitrogens with one attached hydrogen (secondary N) is 1. The normalized spacial score (nSPS) is 19.5. The molecule has 0 aliphatic carbocycles. The summed E-state index contributed by atoms with van der Waals surface area (Å²) in [6, 6.07) is 11.5. The molecule has 1 amide bonds. The van der Waals surface area contributed by atoms with Gasteiger partial charge in [-0.25, -0.2) is 8.42 Å². The molecule has 142 valence electrons. The largest absolute Gasteiger partial charge is 0.480 e. The van der Waals surface area contributed by atoms with Gasteiger partial charge in [0.2, 0.25) is 10.0 Å². The maximum absolute atomic E-state index is 12.5. The highest BCUT2D eigenvalue weighted by Crippen LogP contribution is 2.31. The lowest BCUT2D eigenvalue weighted by atomic mass is 10.1. The third-order valence-electron chi connectivity index (χ3n) is 4.81. The van der Waals surface area contributed by atoms with Crippen LogP contribution in [0.1, 0.15) is 18.4 Å². The summed E-state index contributed by atoms with van der Waals surface area (Å²) in [5.41, 5.74) is 1.42. The van der Waals surface area contributed by atoms with Crippen molar-refractivity contribution in [1.82, 2.24) is 4.31 Å². The van der Waals surface area contributed by atoms with Crippen LogP contribution < -0.4 is 10.1 Å². The van der Waals surface area contributed by atoms with E-state index in [1.54, 1.807) is 30.3 Å². The van der Waals surface area contributed by atoms with Crippen molar-refractivity contribution in [2.75, 3.05) is 18.4 Å². The fourth-order valence-electron chi connectivity index (χ4n) is 3.37. The molecule has 2 aliphatic rings. The standard InChI is InChI=1S/C19H19ClN2O4S/c20-14-3-8-17-13(11-14)12-18(26-17)19(23)21-15-4-6-16(7-5-15)27(24,25)22-9-1-2-10-22/h3-8,11,18H,1-2,9-10,12H2,(H,21,23). The molecule has 4 rings (SSSR count). The number of carbonyl (C=O) groups excluding carboxylic acids is 1. The van der Waals surface area contributed by atoms with Crippen molar-refractivity contribution in [1.29, 1.82) is 0 Å². The number of carbonyl (C=O) groups is 1. The lowest BCUT2D eigenvalue weighted by molar-refractivity contribution is -0.122. The van der Waals surface area contributed by atoms with Gasteiger partial charge in [-0.2, -0.15) is 4.31 Å². The molecule has 2 heterocycles. The van der Waals surface area contributed by atoms with Crippen molar-refractivity contribution >= 4 is 33.2 Å². The first kappa shape index (κ1) is 18.3. The average Bonchev–Trinajstić information content (AvgIpc) is 3.32. The fourth-order valence-corrected chi connectivity index (χ4v) is 5.09. The van der Waals surface area contributed by atoms with E-state index >= 15 is 0 Å². The Morgan fingerprint density at radius 2 is 1.81 bits per heavy atom. The van der Waals surface area contributed by atoms with E-state index in [9.17, 15) is 13.2 Å². The highest BCUT2D eigenvalue weighted by Gasteiger charge is 2.30. The first-order chi connectivity index (χ1) is 12.9. The Morgan fingerprint density at radius 3 is 2.52 bits per heavy atom. The summed E-state index contributed by atoms with van der Waals surface area (Å²) in [4.78, 5) is 12.7. The molecule has 1 atom stereocenters. The van der Waals surface area contributed by atoms with E-state index in [-0.39, 0.29) is 10.8 Å². The molecule has 1 fully saturated rings. The van der Waals surface area contributed by atoms with E-state index in [1.165, 1.54) is 16.4 Å². The summed E-state index contributed by atoms with van der Waals surface area (Å²) in [6.07, 6.45) is 1.60. The highest BCUT2D eigenvalue weighted by molar-refractivity contribution is 7.89. The second kappa shape index (κ2) is 7.14. The molecule has 0 saturated carbocycles. The highest BCUT2D eigenvalue weighted by atomic mass is 35.5. The van der Waals surface area contributed by atoms with Crippen molar-refractivity contribution < 1.29 is 17.9 Å². The number of hydrogen-bond donors (Lipinski definition) is 1. The summed E-state index contributed by atoms with van der Waals surface area (Å²) in [7, 11) is -3.46. The van der Waals surface area contributed by atoms with E-state index in [0.717, 1.165) is 18.4 Å². The van der Waals surface area contributed by atoms with Gasteiger partial charge >= 0.3 is 0 Å². The van der Waals surface area contributed by atoms with Crippen molar-refractivity contribution in [3.8, 4) is 5.75 Å². The Bertz CT molecular complexity index is 970. The quantitative estimate of drug-likeness (QED) is 0.846. The molecule has 1 saturated heterocycles. The number of nitrogens with zero attached hydrogens (tertiary/aromatic N) is 1. The van der Waals surface area contributed by atoms with E-state index < -0.39 is 16.1 Å². The number of sulfonamides is 1. The van der Waals surface area contributed by atoms with Gasteiger partial charge in [0.25, 0.3) is 5.91 Å². The monoisotopic (exact) mass is 406 g/mol. The summed E-state index contributed by atoms with van der Waals surface area (Å²) >= 11 is 5.97. The molecular weight excluding hydrogens is 388 g/mol. The second-order valence-corrected chi connectivity index (χ2v) is 9.06. The summed E-state index contributed by atoms with van der Waals surface area (Å²) < 4.78 is 32.2. The molecule has 2 aromatic rings. The molecule has 1 N–H and O–H groups in total. The van der Waals surface area contributed by atoms with E-state index in [0.29, 0.717) is 36.0 Å². The topological polar surface area (TPSA) is 75.7 Å². The van der Waals surface area contributed by atoms with Crippen molar-refractivity contribution in [3.05, 3.63) is 53.1 Å². The van der Waals surface area contributed by atoms with Crippen molar-refractivity contribution in [2.24, 2.45) is 0 Å². The molecule has 6 nitrogen and oxygen atoms in total. The van der Waals surface area contributed by atoms with Gasteiger partial charge in [0.05, 0.1) is 4.90 Å². The third kappa shape index (κ3) is 3.67. The minimum atomic E-state index is -3.46. The molecule has 1 unspecified atom stereocenters. The predicted octanol–water partition coefficient (Wildman–Crippen LogP) is 3.07. The van der Waals surface area contributed by atoms with Crippen LogP contribution in [0.25, 0.3) is 0 Å². The number of rotatable bonds is 4. The summed E-state index contributed by atoms with van der Waals surface area (Å²) in [6.45, 7) is 1.12. The van der Waals surface area contributed by atoms with Crippen LogP contribution in [0.5, 0.6) is 5.75 Å². The number of anilines is 1. The average molecular weight is 407 g/mol. The van der Waals surface area contributed by atoms with Gasteiger partial charge in [-0.15, -0.1) is 0 Å². The van der Waals surface area contributed by atoms with Crippen LogP contribution in [0.4, 0.5) is 5.69 Å². The fraction of sp³-hybridized carbons (Fsp3) is 0.316. The van der Waals surface area contributed by atoms with Gasteiger partial charge in [-0.1, -0.05) is 11.6 Å². The van der Waals surface area contributed by atoms with Crippen LogP contribution >= 0.6 is 11.6 Å². The molecule has 27 heavy (non-hydrogen) atoms. The number of benzene rings is 2. The van der Waals surface area contributed by atoms with Gasteiger partial charge in [0, 0.05) is 30.2 Å². The third-order valence-corrected chi connectivity index (χ3v) is 6.96. The molecule has 0 bridgehead atoms. The number of halogens is 1.